The summed E-state index contributed by atoms with van der Waals surface area (Å²) in [6.45, 7) is 3.93. The van der Waals surface area contributed by atoms with Crippen LogP contribution in [0.3, 0.4) is 0 Å². The van der Waals surface area contributed by atoms with Gasteiger partial charge in [0.2, 0.25) is 0 Å². The zero-order chi connectivity index (χ0) is 11.0. The lowest BCUT2D eigenvalue weighted by Gasteiger charge is -2.10. The number of benzene rings is 1. The van der Waals surface area contributed by atoms with Crippen LogP contribution in [0.2, 0.25) is 5.02 Å². The number of aromatic nitrogens is 1. The van der Waals surface area contributed by atoms with Gasteiger partial charge in [0.15, 0.2) is 0 Å². The number of nitrogens with zero attached hydrogens (tertiary/aromatic N) is 1. The van der Waals surface area contributed by atoms with E-state index in [1.54, 1.807) is 12.1 Å². The van der Waals surface area contributed by atoms with Crippen molar-refractivity contribution in [1.82, 2.24) is 4.98 Å². The molecule has 0 bridgehead atoms. The highest BCUT2D eigenvalue weighted by molar-refractivity contribution is 6.31. The topological polar surface area (TPSA) is 12.9 Å². The molecule has 3 heteroatoms. The van der Waals surface area contributed by atoms with Crippen molar-refractivity contribution in [1.29, 1.82) is 0 Å². The molecule has 0 radical (unpaired) electrons. The van der Waals surface area contributed by atoms with E-state index >= 15 is 0 Å². The number of halogens is 2. The van der Waals surface area contributed by atoms with Crippen LogP contribution < -0.4 is 0 Å². The summed E-state index contributed by atoms with van der Waals surface area (Å²) >= 11 is 5.86. The van der Waals surface area contributed by atoms with Crippen molar-refractivity contribution in [3.8, 4) is 0 Å². The average molecular weight is 224 g/mol. The van der Waals surface area contributed by atoms with Gasteiger partial charge in [0.05, 0.1) is 11.7 Å². The standard InChI is InChI=1S/C12H11ClFN/c1-7(2)12-9-4-3-8(13)5-11(9)15-6-10(12)14/h3-7H,1-2H3. The van der Waals surface area contributed by atoms with Gasteiger partial charge in [-0.25, -0.2) is 4.39 Å². The zero-order valence-electron chi connectivity index (χ0n) is 8.59. The van der Waals surface area contributed by atoms with Gasteiger partial charge < -0.3 is 0 Å². The van der Waals surface area contributed by atoms with Gasteiger partial charge in [-0.1, -0.05) is 31.5 Å². The Morgan fingerprint density at radius 2 is 2.07 bits per heavy atom. The van der Waals surface area contributed by atoms with Crippen LogP contribution in [0.25, 0.3) is 10.9 Å². The first kappa shape index (κ1) is 10.4. The fraction of sp³-hybridized carbons (Fsp3) is 0.250. The van der Waals surface area contributed by atoms with E-state index in [4.69, 9.17) is 11.6 Å². The van der Waals surface area contributed by atoms with Crippen LogP contribution in [0.15, 0.2) is 24.4 Å². The largest absolute Gasteiger partial charge is 0.253 e. The lowest BCUT2D eigenvalue weighted by atomic mass is 9.98. The summed E-state index contributed by atoms with van der Waals surface area (Å²) in [4.78, 5) is 4.03. The summed E-state index contributed by atoms with van der Waals surface area (Å²) in [7, 11) is 0. The Hall–Kier alpha value is -1.15. The Morgan fingerprint density at radius 3 is 2.73 bits per heavy atom. The molecular formula is C12H11ClFN. The number of rotatable bonds is 1. The van der Waals surface area contributed by atoms with Crippen molar-refractivity contribution in [2.45, 2.75) is 19.8 Å². The maximum Gasteiger partial charge on any atom is 0.145 e. The van der Waals surface area contributed by atoms with E-state index < -0.39 is 0 Å². The van der Waals surface area contributed by atoms with Gasteiger partial charge in [0.1, 0.15) is 5.82 Å². The zero-order valence-corrected chi connectivity index (χ0v) is 9.35. The predicted octanol–water partition coefficient (Wildman–Crippen LogP) is 4.15. The van der Waals surface area contributed by atoms with Crippen LogP contribution in [-0.4, -0.2) is 4.98 Å². The molecule has 0 spiro atoms. The van der Waals surface area contributed by atoms with Crippen molar-refractivity contribution in [2.75, 3.05) is 0 Å². The molecule has 0 aliphatic rings. The predicted molar refractivity (Wildman–Crippen MR) is 60.8 cm³/mol. The normalized spacial score (nSPS) is 11.3. The van der Waals surface area contributed by atoms with Crippen LogP contribution in [0.5, 0.6) is 0 Å². The van der Waals surface area contributed by atoms with Crippen LogP contribution in [0, 0.1) is 5.82 Å². The summed E-state index contributed by atoms with van der Waals surface area (Å²) in [5.74, 6) is -0.114. The lowest BCUT2D eigenvalue weighted by molar-refractivity contribution is 0.597. The Kier molecular flexibility index (Phi) is 2.61. The van der Waals surface area contributed by atoms with Crippen molar-refractivity contribution >= 4 is 22.5 Å². The smallest absolute Gasteiger partial charge is 0.145 e. The van der Waals surface area contributed by atoms with Gasteiger partial charge in [-0.2, -0.15) is 0 Å². The summed E-state index contributed by atoms with van der Waals surface area (Å²) in [5.41, 5.74) is 1.45. The molecule has 0 amide bonds. The molecule has 2 aromatic rings. The van der Waals surface area contributed by atoms with Crippen molar-refractivity contribution in [3.63, 3.8) is 0 Å². The summed E-state index contributed by atoms with van der Waals surface area (Å²) < 4.78 is 13.6. The third-order valence-corrected chi connectivity index (χ3v) is 2.64. The molecule has 0 atom stereocenters. The molecule has 0 N–H and O–H groups in total. The molecule has 0 unspecified atom stereocenters. The SMILES string of the molecule is CC(C)c1c(F)cnc2cc(Cl)ccc12. The third kappa shape index (κ3) is 1.82. The Bertz CT molecular complexity index is 508. The van der Waals surface area contributed by atoms with Crippen molar-refractivity contribution in [3.05, 3.63) is 40.8 Å². The van der Waals surface area contributed by atoms with Crippen LogP contribution in [0.1, 0.15) is 25.3 Å². The minimum Gasteiger partial charge on any atom is -0.253 e. The Balaban J connectivity index is 2.82. The molecule has 0 aliphatic carbocycles. The fourth-order valence-corrected chi connectivity index (χ4v) is 1.92. The van der Waals surface area contributed by atoms with Gasteiger partial charge in [0, 0.05) is 16.0 Å². The first-order chi connectivity index (χ1) is 7.09. The highest BCUT2D eigenvalue weighted by atomic mass is 35.5. The van der Waals surface area contributed by atoms with Crippen LogP contribution in [0.4, 0.5) is 4.39 Å². The highest BCUT2D eigenvalue weighted by Crippen LogP contribution is 2.28. The number of hydrogen-bond acceptors (Lipinski definition) is 1. The molecule has 78 valence electrons. The van der Waals surface area contributed by atoms with Gasteiger partial charge >= 0.3 is 0 Å². The van der Waals surface area contributed by atoms with Gasteiger partial charge in [-0.05, 0) is 18.1 Å². The number of hydrogen-bond donors (Lipinski definition) is 0. The second-order valence-corrected chi connectivity index (χ2v) is 4.27. The lowest BCUT2D eigenvalue weighted by Crippen LogP contribution is -1.96. The quantitative estimate of drug-likeness (QED) is 0.708. The number of pyridine rings is 1. The van der Waals surface area contributed by atoms with Gasteiger partial charge in [-0.3, -0.25) is 4.98 Å². The van der Waals surface area contributed by atoms with E-state index in [2.05, 4.69) is 4.98 Å². The molecule has 0 saturated carbocycles. The molecule has 0 saturated heterocycles. The Labute approximate surface area is 92.9 Å². The van der Waals surface area contributed by atoms with E-state index in [9.17, 15) is 4.39 Å². The molecule has 1 nitrogen and oxygen atoms in total. The first-order valence-electron chi connectivity index (χ1n) is 4.83. The Morgan fingerprint density at radius 1 is 1.33 bits per heavy atom. The van der Waals surface area contributed by atoms with Gasteiger partial charge in [-0.15, -0.1) is 0 Å². The molecule has 1 aromatic heterocycles. The molecule has 2 rings (SSSR count). The highest BCUT2D eigenvalue weighted by Gasteiger charge is 2.11. The molecule has 0 aliphatic heterocycles. The fourth-order valence-electron chi connectivity index (χ4n) is 1.75. The van der Waals surface area contributed by atoms with E-state index in [-0.39, 0.29) is 11.7 Å². The van der Waals surface area contributed by atoms with Gasteiger partial charge in [0.25, 0.3) is 0 Å². The van der Waals surface area contributed by atoms with Crippen molar-refractivity contribution < 1.29 is 4.39 Å². The molecule has 0 fully saturated rings. The summed E-state index contributed by atoms with van der Waals surface area (Å²) in [5, 5.41) is 1.46. The molecule has 15 heavy (non-hydrogen) atoms. The monoisotopic (exact) mass is 223 g/mol. The minimum absolute atomic E-state index is 0.136. The molecule has 1 aromatic carbocycles. The second kappa shape index (κ2) is 3.78. The first-order valence-corrected chi connectivity index (χ1v) is 5.21. The van der Waals surface area contributed by atoms with Crippen molar-refractivity contribution in [2.24, 2.45) is 0 Å². The maximum atomic E-state index is 13.6. The average Bonchev–Trinajstić information content (AvgIpc) is 2.17. The van der Waals surface area contributed by atoms with Crippen LogP contribution in [-0.2, 0) is 0 Å². The second-order valence-electron chi connectivity index (χ2n) is 3.84. The van der Waals surface area contributed by atoms with Crippen LogP contribution >= 0.6 is 11.6 Å². The minimum atomic E-state index is -0.250. The number of fused-ring (bicyclic) bond motifs is 1. The van der Waals surface area contributed by atoms with E-state index in [1.165, 1.54) is 6.20 Å². The summed E-state index contributed by atoms with van der Waals surface area (Å²) in [6, 6.07) is 5.34. The maximum absolute atomic E-state index is 13.6. The third-order valence-electron chi connectivity index (χ3n) is 2.40. The van der Waals surface area contributed by atoms with E-state index in [0.29, 0.717) is 10.6 Å². The van der Waals surface area contributed by atoms with E-state index in [0.717, 1.165) is 10.9 Å². The van der Waals surface area contributed by atoms with E-state index in [1.807, 2.05) is 19.9 Å². The molecular weight excluding hydrogens is 213 g/mol. The summed E-state index contributed by atoms with van der Waals surface area (Å²) in [6.07, 6.45) is 1.26. The molecule has 1 heterocycles.